The molecule has 0 nitrogen and oxygen atoms in total. The first kappa shape index (κ1) is 21.3. The molecule has 0 amide bonds. The van der Waals surface area contributed by atoms with Crippen molar-refractivity contribution in [2.45, 2.75) is 3.91 Å². The van der Waals surface area contributed by atoms with Gasteiger partial charge in [0.2, 0.25) is 0 Å². The molecule has 0 atom stereocenters. The molecule has 0 N–H and O–H groups in total. The number of halogens is 12. The lowest BCUT2D eigenvalue weighted by Crippen LogP contribution is -2.66. The Kier molecular flexibility index (Phi) is 8.11. The van der Waals surface area contributed by atoms with Crippen LogP contribution in [0.2, 0.25) is 3.91 Å². The average molecular weight is 550 g/mol. The third kappa shape index (κ3) is 4.21. The van der Waals surface area contributed by atoms with E-state index in [4.69, 9.17) is 133 Å². The van der Waals surface area contributed by atoms with Gasteiger partial charge in [-0.2, -0.15) is 0 Å². The second kappa shape index (κ2) is 6.46. The predicted molar refractivity (Wildman–Crippen MR) is 95.9 cm³/mol. The molecule has 0 fully saturated rings. The zero-order valence-corrected chi connectivity index (χ0v) is 20.1. The van der Waals surface area contributed by atoms with E-state index in [0.717, 1.165) is 0 Å². The lowest BCUT2D eigenvalue weighted by atomic mass is 11.8. The first-order chi connectivity index (χ1) is 7.00. The molecule has 17 heavy (non-hydrogen) atoms. The smallest absolute Gasteiger partial charge is 0.126 e. The van der Waals surface area contributed by atoms with Gasteiger partial charge < -0.3 is 0 Å². The summed E-state index contributed by atoms with van der Waals surface area (Å²) in [6, 6.07) is -15.7. The van der Waals surface area contributed by atoms with E-state index in [-0.39, 0.29) is 0 Å². The molecule has 0 saturated heterocycles. The van der Waals surface area contributed by atoms with Crippen molar-refractivity contribution in [3.63, 3.8) is 0 Å². The molecule has 0 radical (unpaired) electrons. The van der Waals surface area contributed by atoms with Crippen molar-refractivity contribution in [3.8, 4) is 0 Å². The Balaban J connectivity index is 6.37. The molecule has 0 aromatic carbocycles. The van der Waals surface area contributed by atoms with Gasteiger partial charge in [0.05, 0.1) is 0 Å². The standard InChI is InChI=1S/CCl12Si4/c2-14(3,4)1(15(5,6)7,16(8,9)10)17(11,12)13. The van der Waals surface area contributed by atoms with Gasteiger partial charge in [-0.15, -0.1) is 133 Å². The Hall–Kier alpha value is 4.35. The van der Waals surface area contributed by atoms with Crippen LogP contribution >= 0.6 is 133 Å². The van der Waals surface area contributed by atoms with Crippen LogP contribution in [0, 0.1) is 0 Å². The highest BCUT2D eigenvalue weighted by Gasteiger charge is 2.84. The minimum Gasteiger partial charge on any atom is -0.126 e. The summed E-state index contributed by atoms with van der Waals surface area (Å²) in [5.74, 6) is 0. The van der Waals surface area contributed by atoms with Crippen molar-refractivity contribution >= 4 is 157 Å². The van der Waals surface area contributed by atoms with Crippen LogP contribution in [0.1, 0.15) is 0 Å². The van der Waals surface area contributed by atoms with Crippen LogP contribution in [-0.4, -0.2) is 24.0 Å². The highest BCUT2D eigenvalue weighted by atomic mass is 35.9. The lowest BCUT2D eigenvalue weighted by molar-refractivity contribution is 1.55. The van der Waals surface area contributed by atoms with Crippen molar-refractivity contribution in [2.24, 2.45) is 0 Å². The summed E-state index contributed by atoms with van der Waals surface area (Å²) in [4.78, 5) is 0. The van der Waals surface area contributed by atoms with E-state index >= 15 is 0 Å². The molecule has 0 saturated carbocycles. The van der Waals surface area contributed by atoms with Gasteiger partial charge in [-0.25, -0.2) is 0 Å². The van der Waals surface area contributed by atoms with Crippen molar-refractivity contribution in [3.05, 3.63) is 0 Å². The molecule has 0 aliphatic rings. The Morgan fingerprint density at radius 3 is 0.471 bits per heavy atom. The maximum Gasteiger partial charge on any atom is 0.350 e. The van der Waals surface area contributed by atoms with Crippen molar-refractivity contribution in [2.75, 3.05) is 0 Å². The molecule has 0 aliphatic carbocycles. The highest BCUT2D eigenvalue weighted by Crippen LogP contribution is 2.72. The third-order valence-corrected chi connectivity index (χ3v) is 45.9. The van der Waals surface area contributed by atoms with Gasteiger partial charge in [-0.1, -0.05) is 0 Å². The predicted octanol–water partition coefficient (Wildman–Crippen LogP) is 6.97. The average Bonchev–Trinajstić information content (AvgIpc) is 1.67. The number of rotatable bonds is 4. The van der Waals surface area contributed by atoms with Crippen LogP contribution in [-0.2, 0) is 0 Å². The Morgan fingerprint density at radius 1 is 0.353 bits per heavy atom. The molecule has 0 aromatic rings. The van der Waals surface area contributed by atoms with Crippen LogP contribution in [0.15, 0.2) is 0 Å². The summed E-state index contributed by atoms with van der Waals surface area (Å²) in [5.41, 5.74) is 0. The van der Waals surface area contributed by atoms with E-state index in [2.05, 4.69) is 0 Å². The molecule has 0 unspecified atom stereocenters. The van der Waals surface area contributed by atoms with E-state index in [1.54, 1.807) is 0 Å². The molecular weight excluding hydrogens is 550 g/mol. The molecule has 16 heteroatoms. The molecule has 0 rings (SSSR count). The van der Waals surface area contributed by atoms with E-state index in [1.807, 2.05) is 0 Å². The lowest BCUT2D eigenvalue weighted by Gasteiger charge is -2.47. The van der Waals surface area contributed by atoms with Gasteiger partial charge in [0, 0.05) is 0 Å². The number of hydrogen-bond acceptors (Lipinski definition) is 0. The third-order valence-electron chi connectivity index (χ3n) is 1.70. The van der Waals surface area contributed by atoms with Crippen molar-refractivity contribution in [1.82, 2.24) is 0 Å². The van der Waals surface area contributed by atoms with Gasteiger partial charge in [-0.05, 0) is 0 Å². The van der Waals surface area contributed by atoms with E-state index in [0.29, 0.717) is 0 Å². The van der Waals surface area contributed by atoms with E-state index < -0.39 is 27.9 Å². The van der Waals surface area contributed by atoms with Crippen LogP contribution in [0.5, 0.6) is 0 Å². The van der Waals surface area contributed by atoms with Crippen LogP contribution in [0.25, 0.3) is 0 Å². The first-order valence-electron chi connectivity index (χ1n) is 3.27. The molecule has 104 valence electrons. The van der Waals surface area contributed by atoms with Crippen LogP contribution in [0.3, 0.4) is 0 Å². The molecule has 0 aromatic heterocycles. The second-order valence-electron chi connectivity index (χ2n) is 2.74. The fourth-order valence-corrected chi connectivity index (χ4v) is 78.1. The first-order valence-corrected chi connectivity index (χ1v) is 23.4. The zero-order valence-electron chi connectivity index (χ0n) is 7.04. The zero-order chi connectivity index (χ0) is 14.5. The quantitative estimate of drug-likeness (QED) is 0.263. The van der Waals surface area contributed by atoms with Crippen molar-refractivity contribution in [1.29, 1.82) is 0 Å². The Bertz CT molecular complexity index is 211. The minimum atomic E-state index is -3.93. The van der Waals surface area contributed by atoms with E-state index in [1.165, 1.54) is 0 Å². The summed E-state index contributed by atoms with van der Waals surface area (Å²) in [6.07, 6.45) is 0. The summed E-state index contributed by atoms with van der Waals surface area (Å²) in [5, 5.41) is 0. The molecular formula is CCl12Si4. The van der Waals surface area contributed by atoms with Gasteiger partial charge in [0.1, 0.15) is 3.91 Å². The fraction of sp³-hybridized carbons (Fsp3) is 1.00. The van der Waals surface area contributed by atoms with E-state index in [9.17, 15) is 0 Å². The van der Waals surface area contributed by atoms with Crippen LogP contribution < -0.4 is 0 Å². The molecule has 0 heterocycles. The van der Waals surface area contributed by atoms with Gasteiger partial charge in [0.15, 0.2) is 0 Å². The van der Waals surface area contributed by atoms with Gasteiger partial charge in [0.25, 0.3) is 0 Å². The minimum absolute atomic E-state index is 2.01. The monoisotopic (exact) mass is 544 g/mol. The van der Waals surface area contributed by atoms with Crippen molar-refractivity contribution < 1.29 is 0 Å². The molecule has 0 bridgehead atoms. The van der Waals surface area contributed by atoms with Gasteiger partial charge in [-0.3, -0.25) is 0 Å². The highest BCUT2D eigenvalue weighted by molar-refractivity contribution is 7.96. The molecule has 0 aliphatic heterocycles. The maximum atomic E-state index is 5.92. The topological polar surface area (TPSA) is 0 Å². The normalized spacial score (nSPS) is 16.2. The second-order valence-corrected chi connectivity index (χ2v) is 40.1. The SMILES string of the molecule is Cl[Si](Cl)(Cl)C([Si](Cl)(Cl)Cl)([Si](Cl)(Cl)Cl)[Si](Cl)(Cl)Cl. The summed E-state index contributed by atoms with van der Waals surface area (Å²) >= 11 is 71.1. The largest absolute Gasteiger partial charge is 0.350 e. The Labute approximate surface area is 158 Å². The fourth-order valence-electron chi connectivity index (χ4n) is 0.964. The number of hydrogen-bond donors (Lipinski definition) is 0. The van der Waals surface area contributed by atoms with Crippen LogP contribution in [0.4, 0.5) is 0 Å². The summed E-state index contributed by atoms with van der Waals surface area (Å²) < 4.78 is -2.01. The molecule has 0 spiro atoms. The summed E-state index contributed by atoms with van der Waals surface area (Å²) in [6.45, 7) is 0. The maximum absolute atomic E-state index is 5.92. The summed E-state index contributed by atoms with van der Waals surface area (Å²) in [7, 11) is 0. The Morgan fingerprint density at radius 2 is 0.471 bits per heavy atom. The van der Waals surface area contributed by atoms with Gasteiger partial charge >= 0.3 is 24.0 Å².